The second-order valence-electron chi connectivity index (χ2n) is 5.97. The van der Waals surface area contributed by atoms with Gasteiger partial charge >= 0.3 is 11.9 Å². The van der Waals surface area contributed by atoms with Gasteiger partial charge in [-0.25, -0.2) is 9.59 Å². The molecule has 0 bridgehead atoms. The Morgan fingerprint density at radius 1 is 1.24 bits per heavy atom. The fourth-order valence-corrected chi connectivity index (χ4v) is 2.14. The first kappa shape index (κ1) is 20.5. The second-order valence-corrected chi connectivity index (χ2v) is 5.97. The molecule has 1 aromatic rings. The van der Waals surface area contributed by atoms with Crippen molar-refractivity contribution >= 4 is 23.5 Å². The minimum absolute atomic E-state index is 0.0936. The molecular weight excluding hydrogens is 324 g/mol. The summed E-state index contributed by atoms with van der Waals surface area (Å²) in [6.07, 6.45) is 0.692. The molecule has 1 rings (SSSR count). The molecule has 1 N–H and O–H groups in total. The molecule has 0 heterocycles. The number of ether oxygens (including phenoxy) is 2. The van der Waals surface area contributed by atoms with Gasteiger partial charge < -0.3 is 19.7 Å². The Morgan fingerprint density at radius 3 is 2.48 bits per heavy atom. The van der Waals surface area contributed by atoms with E-state index in [0.717, 1.165) is 5.69 Å². The number of nitrogens with zero attached hydrogens (tertiary/aromatic N) is 1. The van der Waals surface area contributed by atoms with Crippen molar-refractivity contribution in [2.45, 2.75) is 26.3 Å². The van der Waals surface area contributed by atoms with E-state index in [4.69, 9.17) is 9.47 Å². The topological polar surface area (TPSA) is 84.9 Å². The van der Waals surface area contributed by atoms with E-state index in [1.54, 1.807) is 18.2 Å². The van der Waals surface area contributed by atoms with Gasteiger partial charge in [0, 0.05) is 19.8 Å². The van der Waals surface area contributed by atoms with Crippen LogP contribution in [0.4, 0.5) is 5.69 Å². The summed E-state index contributed by atoms with van der Waals surface area (Å²) in [5, 5.41) is 2.56. The molecule has 25 heavy (non-hydrogen) atoms. The predicted octanol–water partition coefficient (Wildman–Crippen LogP) is 1.61. The third-order valence-electron chi connectivity index (χ3n) is 3.92. The first-order chi connectivity index (χ1) is 11.8. The highest BCUT2D eigenvalue weighted by molar-refractivity contribution is 5.93. The van der Waals surface area contributed by atoms with Crippen LogP contribution < -0.4 is 10.2 Å². The van der Waals surface area contributed by atoms with Crippen molar-refractivity contribution in [3.63, 3.8) is 0 Å². The molecule has 0 saturated heterocycles. The van der Waals surface area contributed by atoms with Crippen molar-refractivity contribution in [2.75, 3.05) is 32.7 Å². The largest absolute Gasteiger partial charge is 0.467 e. The van der Waals surface area contributed by atoms with Crippen LogP contribution in [0.2, 0.25) is 0 Å². The fraction of sp³-hybridized carbons (Fsp3) is 0.500. The number of rotatable bonds is 8. The van der Waals surface area contributed by atoms with Gasteiger partial charge in [-0.15, -0.1) is 0 Å². The average molecular weight is 350 g/mol. The molecule has 0 unspecified atom stereocenters. The third kappa shape index (κ3) is 6.10. The van der Waals surface area contributed by atoms with E-state index in [0.29, 0.717) is 12.0 Å². The number of esters is 2. The SMILES string of the molecule is CC[C@@H](C)[C@@H](NC(=O)COC(=O)c1cccc(N(C)C)c1)C(=O)OC. The molecule has 1 amide bonds. The number of anilines is 1. The van der Waals surface area contributed by atoms with Gasteiger partial charge in [-0.3, -0.25) is 4.79 Å². The molecule has 0 fully saturated rings. The lowest BCUT2D eigenvalue weighted by atomic mass is 9.99. The maximum Gasteiger partial charge on any atom is 0.338 e. The number of benzene rings is 1. The van der Waals surface area contributed by atoms with Gasteiger partial charge in [0.1, 0.15) is 6.04 Å². The molecule has 138 valence electrons. The maximum atomic E-state index is 12.1. The lowest BCUT2D eigenvalue weighted by Gasteiger charge is -2.21. The highest BCUT2D eigenvalue weighted by Gasteiger charge is 2.27. The summed E-state index contributed by atoms with van der Waals surface area (Å²) < 4.78 is 9.73. The standard InChI is InChI=1S/C18H26N2O5/c1-6-12(2)16(18(23)24-5)19-15(21)11-25-17(22)13-8-7-9-14(10-13)20(3)4/h7-10,12,16H,6,11H2,1-5H3,(H,19,21)/t12-,16-/m1/s1. The van der Waals surface area contributed by atoms with Gasteiger partial charge in [0.25, 0.3) is 5.91 Å². The summed E-state index contributed by atoms with van der Waals surface area (Å²) in [5.74, 6) is -1.76. The molecule has 0 spiro atoms. The molecule has 0 aliphatic carbocycles. The number of amides is 1. The Hall–Kier alpha value is -2.57. The molecule has 1 aromatic carbocycles. The summed E-state index contributed by atoms with van der Waals surface area (Å²) in [7, 11) is 4.99. The number of nitrogens with one attached hydrogen (secondary N) is 1. The molecule has 0 aliphatic heterocycles. The summed E-state index contributed by atoms with van der Waals surface area (Å²) in [4.78, 5) is 37.7. The van der Waals surface area contributed by atoms with Crippen molar-refractivity contribution in [3.8, 4) is 0 Å². The van der Waals surface area contributed by atoms with Crippen molar-refractivity contribution in [2.24, 2.45) is 5.92 Å². The molecule has 2 atom stereocenters. The van der Waals surface area contributed by atoms with Gasteiger partial charge in [-0.1, -0.05) is 26.3 Å². The molecule has 7 nitrogen and oxygen atoms in total. The molecule has 0 aliphatic rings. The van der Waals surface area contributed by atoms with Crippen molar-refractivity contribution in [3.05, 3.63) is 29.8 Å². The summed E-state index contributed by atoms with van der Waals surface area (Å²) in [6, 6.07) is 6.12. The van der Waals surface area contributed by atoms with Crippen molar-refractivity contribution < 1.29 is 23.9 Å². The maximum absolute atomic E-state index is 12.1. The minimum atomic E-state index is -0.765. The Morgan fingerprint density at radius 2 is 1.92 bits per heavy atom. The van der Waals surface area contributed by atoms with E-state index in [1.807, 2.05) is 38.9 Å². The summed E-state index contributed by atoms with van der Waals surface area (Å²) in [5.41, 5.74) is 1.20. The normalized spacial score (nSPS) is 12.7. The smallest absolute Gasteiger partial charge is 0.338 e. The van der Waals surface area contributed by atoms with Gasteiger partial charge in [0.15, 0.2) is 6.61 Å². The predicted molar refractivity (Wildman–Crippen MR) is 94.5 cm³/mol. The number of carbonyl (C=O) groups is 3. The molecule has 0 saturated carbocycles. The van der Waals surface area contributed by atoms with E-state index in [2.05, 4.69) is 5.32 Å². The van der Waals surface area contributed by atoms with Crippen LogP contribution in [0, 0.1) is 5.92 Å². The summed E-state index contributed by atoms with van der Waals surface area (Å²) >= 11 is 0. The lowest BCUT2D eigenvalue weighted by molar-refractivity contribution is -0.147. The highest BCUT2D eigenvalue weighted by atomic mass is 16.5. The van der Waals surface area contributed by atoms with E-state index >= 15 is 0 Å². The second kappa shape index (κ2) is 9.66. The number of hydrogen-bond donors (Lipinski definition) is 1. The van der Waals surface area contributed by atoms with E-state index in [-0.39, 0.29) is 5.92 Å². The number of methoxy groups -OCH3 is 1. The third-order valence-corrected chi connectivity index (χ3v) is 3.92. The average Bonchev–Trinajstić information content (AvgIpc) is 2.62. The molecular formula is C18H26N2O5. The lowest BCUT2D eigenvalue weighted by Crippen LogP contribution is -2.47. The zero-order valence-corrected chi connectivity index (χ0v) is 15.4. The van der Waals surface area contributed by atoms with Crippen LogP contribution >= 0.6 is 0 Å². The van der Waals surface area contributed by atoms with Crippen LogP contribution in [0.25, 0.3) is 0 Å². The minimum Gasteiger partial charge on any atom is -0.467 e. The molecule has 7 heteroatoms. The van der Waals surface area contributed by atoms with Crippen LogP contribution in [-0.2, 0) is 19.1 Å². The van der Waals surface area contributed by atoms with Crippen molar-refractivity contribution in [1.82, 2.24) is 5.32 Å². The van der Waals surface area contributed by atoms with Gasteiger partial charge in [-0.2, -0.15) is 0 Å². The Bertz CT molecular complexity index is 615. The zero-order chi connectivity index (χ0) is 19.0. The van der Waals surface area contributed by atoms with E-state index < -0.39 is 30.5 Å². The highest BCUT2D eigenvalue weighted by Crippen LogP contribution is 2.14. The van der Waals surface area contributed by atoms with Crippen LogP contribution in [0.5, 0.6) is 0 Å². The Labute approximate surface area is 148 Å². The number of carbonyl (C=O) groups excluding carboxylic acids is 3. The first-order valence-corrected chi connectivity index (χ1v) is 8.11. The van der Waals surface area contributed by atoms with Gasteiger partial charge in [-0.05, 0) is 24.1 Å². The van der Waals surface area contributed by atoms with Gasteiger partial charge in [0.05, 0.1) is 12.7 Å². The molecule has 0 radical (unpaired) electrons. The zero-order valence-electron chi connectivity index (χ0n) is 15.4. The quantitative estimate of drug-likeness (QED) is 0.717. The van der Waals surface area contributed by atoms with Crippen LogP contribution in [-0.4, -0.2) is 51.7 Å². The number of hydrogen-bond acceptors (Lipinski definition) is 6. The summed E-state index contributed by atoms with van der Waals surface area (Å²) in [6.45, 7) is 3.28. The molecule has 0 aromatic heterocycles. The van der Waals surface area contributed by atoms with Crippen LogP contribution in [0.15, 0.2) is 24.3 Å². The Balaban J connectivity index is 2.64. The van der Waals surface area contributed by atoms with Crippen molar-refractivity contribution in [1.29, 1.82) is 0 Å². The van der Waals surface area contributed by atoms with Crippen LogP contribution in [0.3, 0.4) is 0 Å². The fourth-order valence-electron chi connectivity index (χ4n) is 2.14. The monoisotopic (exact) mass is 350 g/mol. The first-order valence-electron chi connectivity index (χ1n) is 8.11. The van der Waals surface area contributed by atoms with E-state index in [1.165, 1.54) is 7.11 Å². The Kier molecular flexibility index (Phi) is 7.91. The van der Waals surface area contributed by atoms with Crippen LogP contribution in [0.1, 0.15) is 30.6 Å². The van der Waals surface area contributed by atoms with E-state index in [9.17, 15) is 14.4 Å². The van der Waals surface area contributed by atoms with Gasteiger partial charge in [0.2, 0.25) is 0 Å².